The summed E-state index contributed by atoms with van der Waals surface area (Å²) in [7, 11) is 3.23. The topological polar surface area (TPSA) is 61.5 Å². The van der Waals surface area contributed by atoms with Crippen LogP contribution in [0.3, 0.4) is 0 Å². The van der Waals surface area contributed by atoms with E-state index >= 15 is 0 Å². The number of methoxy groups -OCH3 is 2. The van der Waals surface area contributed by atoms with Gasteiger partial charge in [0.25, 0.3) is 0 Å². The molecular weight excluding hydrogens is 242 g/mol. The zero-order valence-corrected chi connectivity index (χ0v) is 10.8. The van der Waals surface area contributed by atoms with E-state index < -0.39 is 5.91 Å². The number of ether oxygens (including phenoxy) is 2. The minimum absolute atomic E-state index is 0.487. The molecule has 0 aliphatic carbocycles. The van der Waals surface area contributed by atoms with Gasteiger partial charge in [0, 0.05) is 16.8 Å². The monoisotopic (exact) mass is 257 g/mol. The fraction of sp³-hybridized carbons (Fsp3) is 0.133. The van der Waals surface area contributed by atoms with Crippen molar-refractivity contribution < 1.29 is 14.3 Å². The van der Waals surface area contributed by atoms with Crippen molar-refractivity contribution in [2.24, 2.45) is 5.73 Å². The van der Waals surface area contributed by atoms with Crippen LogP contribution in [-0.4, -0.2) is 20.1 Å². The second-order valence-corrected chi connectivity index (χ2v) is 3.98. The number of carbonyl (C=O) groups is 1. The van der Waals surface area contributed by atoms with Crippen LogP contribution in [0.2, 0.25) is 0 Å². The van der Waals surface area contributed by atoms with Crippen LogP contribution < -0.4 is 15.2 Å². The number of amides is 1. The second kappa shape index (κ2) is 5.44. The molecule has 0 aromatic heterocycles. The molecule has 4 heteroatoms. The summed E-state index contributed by atoms with van der Waals surface area (Å²) in [5.41, 5.74) is 5.98. The Morgan fingerprint density at radius 1 is 1.11 bits per heavy atom. The summed E-state index contributed by atoms with van der Waals surface area (Å²) in [6.45, 7) is 0. The van der Waals surface area contributed by atoms with Gasteiger partial charge in [0.15, 0.2) is 0 Å². The summed E-state index contributed by atoms with van der Waals surface area (Å²) in [4.78, 5) is 10.9. The number of primary amides is 1. The average Bonchev–Trinajstić information content (AvgIpc) is 2.43. The highest BCUT2D eigenvalue weighted by Gasteiger charge is 2.09. The molecule has 0 fully saturated rings. The van der Waals surface area contributed by atoms with Gasteiger partial charge in [-0.05, 0) is 23.8 Å². The van der Waals surface area contributed by atoms with Crippen LogP contribution in [0.15, 0.2) is 36.4 Å². The lowest BCUT2D eigenvalue weighted by molar-refractivity contribution is -0.113. The normalized spacial score (nSPS) is 10.8. The Morgan fingerprint density at radius 2 is 1.84 bits per heavy atom. The summed E-state index contributed by atoms with van der Waals surface area (Å²) in [5, 5.41) is 1.82. The van der Waals surface area contributed by atoms with E-state index in [1.54, 1.807) is 20.3 Å². The SMILES string of the molecule is COc1ccc(/C=C\C(N)=O)c2c(OC)cccc12. The largest absolute Gasteiger partial charge is 0.496 e. The Balaban J connectivity index is 2.74. The number of hydrogen-bond donors (Lipinski definition) is 1. The maximum Gasteiger partial charge on any atom is 0.241 e. The number of carbonyl (C=O) groups excluding carboxylic acids is 1. The molecule has 0 radical (unpaired) electrons. The van der Waals surface area contributed by atoms with E-state index in [1.807, 2.05) is 30.3 Å². The van der Waals surface area contributed by atoms with Crippen molar-refractivity contribution in [2.45, 2.75) is 0 Å². The molecule has 0 unspecified atom stereocenters. The van der Waals surface area contributed by atoms with Crippen LogP contribution in [0.5, 0.6) is 11.5 Å². The highest BCUT2D eigenvalue weighted by molar-refractivity contribution is 6.01. The summed E-state index contributed by atoms with van der Waals surface area (Å²) >= 11 is 0. The van der Waals surface area contributed by atoms with Gasteiger partial charge in [-0.2, -0.15) is 0 Å². The molecule has 1 amide bonds. The van der Waals surface area contributed by atoms with Crippen LogP contribution in [0, 0.1) is 0 Å². The van der Waals surface area contributed by atoms with Gasteiger partial charge >= 0.3 is 0 Å². The van der Waals surface area contributed by atoms with E-state index in [2.05, 4.69) is 0 Å². The molecular formula is C15H15NO3. The molecule has 98 valence electrons. The van der Waals surface area contributed by atoms with Gasteiger partial charge in [0.2, 0.25) is 5.91 Å². The minimum atomic E-state index is -0.487. The minimum Gasteiger partial charge on any atom is -0.496 e. The molecule has 2 rings (SSSR count). The van der Waals surface area contributed by atoms with Gasteiger partial charge in [0.1, 0.15) is 11.5 Å². The zero-order valence-electron chi connectivity index (χ0n) is 10.8. The van der Waals surface area contributed by atoms with Crippen molar-refractivity contribution >= 4 is 22.8 Å². The highest BCUT2D eigenvalue weighted by Crippen LogP contribution is 2.35. The quantitative estimate of drug-likeness (QED) is 0.855. The number of hydrogen-bond acceptors (Lipinski definition) is 3. The summed E-state index contributed by atoms with van der Waals surface area (Å²) in [5.74, 6) is 0.990. The molecule has 2 N–H and O–H groups in total. The molecule has 2 aromatic carbocycles. The van der Waals surface area contributed by atoms with Crippen molar-refractivity contribution in [1.29, 1.82) is 0 Å². The Hall–Kier alpha value is -2.49. The number of rotatable bonds is 4. The number of nitrogens with two attached hydrogens (primary N) is 1. The standard InChI is InChI=1S/C15H15NO3/c1-18-12-8-6-10(7-9-14(16)17)15-11(12)4-3-5-13(15)19-2/h3-9H,1-2H3,(H2,16,17)/b9-7-. The van der Waals surface area contributed by atoms with Crippen molar-refractivity contribution in [1.82, 2.24) is 0 Å². The van der Waals surface area contributed by atoms with E-state index in [9.17, 15) is 4.79 Å². The third kappa shape index (κ3) is 2.52. The second-order valence-electron chi connectivity index (χ2n) is 3.98. The lowest BCUT2D eigenvalue weighted by Gasteiger charge is -2.11. The maximum atomic E-state index is 10.9. The smallest absolute Gasteiger partial charge is 0.241 e. The predicted molar refractivity (Wildman–Crippen MR) is 75.3 cm³/mol. The fourth-order valence-corrected chi connectivity index (χ4v) is 2.03. The van der Waals surface area contributed by atoms with Gasteiger partial charge in [-0.25, -0.2) is 0 Å². The highest BCUT2D eigenvalue weighted by atomic mass is 16.5. The van der Waals surface area contributed by atoms with Crippen molar-refractivity contribution in [3.8, 4) is 11.5 Å². The third-order valence-corrected chi connectivity index (χ3v) is 2.86. The van der Waals surface area contributed by atoms with E-state index in [0.717, 1.165) is 27.8 Å². The van der Waals surface area contributed by atoms with E-state index in [-0.39, 0.29) is 0 Å². The molecule has 4 nitrogen and oxygen atoms in total. The lowest BCUT2D eigenvalue weighted by atomic mass is 10.0. The first kappa shape index (κ1) is 13.0. The van der Waals surface area contributed by atoms with Gasteiger partial charge in [-0.3, -0.25) is 4.79 Å². The van der Waals surface area contributed by atoms with E-state index in [1.165, 1.54) is 6.08 Å². The number of benzene rings is 2. The molecule has 0 saturated carbocycles. The summed E-state index contributed by atoms with van der Waals surface area (Å²) in [6.07, 6.45) is 3.00. The van der Waals surface area contributed by atoms with Crippen LogP contribution >= 0.6 is 0 Å². The van der Waals surface area contributed by atoms with Gasteiger partial charge < -0.3 is 15.2 Å². The molecule has 0 aliphatic heterocycles. The number of fused-ring (bicyclic) bond motifs is 1. The lowest BCUT2D eigenvalue weighted by Crippen LogP contribution is -2.05. The molecule has 0 heterocycles. The summed E-state index contributed by atoms with van der Waals surface area (Å²) in [6, 6.07) is 9.42. The molecule has 0 aliphatic rings. The van der Waals surface area contributed by atoms with E-state index in [0.29, 0.717) is 0 Å². The zero-order chi connectivity index (χ0) is 13.8. The molecule has 0 saturated heterocycles. The van der Waals surface area contributed by atoms with Gasteiger partial charge in [-0.15, -0.1) is 0 Å². The average molecular weight is 257 g/mol. The predicted octanol–water partition coefficient (Wildman–Crippen LogP) is 2.36. The molecule has 0 atom stereocenters. The first-order chi connectivity index (χ1) is 9.17. The Labute approximate surface area is 111 Å². The van der Waals surface area contributed by atoms with Crippen molar-refractivity contribution in [3.05, 3.63) is 42.0 Å². The summed E-state index contributed by atoms with van der Waals surface area (Å²) < 4.78 is 10.7. The molecule has 0 spiro atoms. The first-order valence-electron chi connectivity index (χ1n) is 5.78. The first-order valence-corrected chi connectivity index (χ1v) is 5.78. The fourth-order valence-electron chi connectivity index (χ4n) is 2.03. The van der Waals surface area contributed by atoms with Gasteiger partial charge in [0.05, 0.1) is 14.2 Å². The molecule has 2 aromatic rings. The van der Waals surface area contributed by atoms with Crippen molar-refractivity contribution in [3.63, 3.8) is 0 Å². The van der Waals surface area contributed by atoms with Crippen LogP contribution in [0.25, 0.3) is 16.8 Å². The third-order valence-electron chi connectivity index (χ3n) is 2.86. The van der Waals surface area contributed by atoms with E-state index in [4.69, 9.17) is 15.2 Å². The van der Waals surface area contributed by atoms with Crippen LogP contribution in [-0.2, 0) is 4.79 Å². The van der Waals surface area contributed by atoms with Crippen LogP contribution in [0.4, 0.5) is 0 Å². The molecule has 0 bridgehead atoms. The Kier molecular flexibility index (Phi) is 3.71. The molecule has 19 heavy (non-hydrogen) atoms. The van der Waals surface area contributed by atoms with Crippen molar-refractivity contribution in [2.75, 3.05) is 14.2 Å². The Bertz CT molecular complexity index is 647. The maximum absolute atomic E-state index is 10.9. The Morgan fingerprint density at radius 3 is 2.47 bits per heavy atom. The van der Waals surface area contributed by atoms with Crippen LogP contribution in [0.1, 0.15) is 5.56 Å². The van der Waals surface area contributed by atoms with Gasteiger partial charge in [-0.1, -0.05) is 18.2 Å².